The minimum atomic E-state index is 0.148. The van der Waals surface area contributed by atoms with Crippen molar-refractivity contribution in [3.8, 4) is 0 Å². The van der Waals surface area contributed by atoms with Crippen LogP contribution in [0.3, 0.4) is 0 Å². The van der Waals surface area contributed by atoms with Crippen LogP contribution >= 0.6 is 0 Å². The van der Waals surface area contributed by atoms with E-state index in [1.54, 1.807) is 6.20 Å². The van der Waals surface area contributed by atoms with Gasteiger partial charge in [0.15, 0.2) is 0 Å². The third-order valence-electron chi connectivity index (χ3n) is 5.60. The third-order valence-corrected chi connectivity index (χ3v) is 5.60. The molecule has 4 rings (SSSR count). The molecule has 5 heteroatoms. The fourth-order valence-corrected chi connectivity index (χ4v) is 4.05. The molecule has 0 aliphatic carbocycles. The predicted octanol–water partition coefficient (Wildman–Crippen LogP) is 3.17. The van der Waals surface area contributed by atoms with E-state index in [-0.39, 0.29) is 5.91 Å². The first-order chi connectivity index (χ1) is 12.8. The molecule has 5 nitrogen and oxygen atoms in total. The van der Waals surface area contributed by atoms with E-state index in [4.69, 9.17) is 0 Å². The van der Waals surface area contributed by atoms with E-state index >= 15 is 0 Å². The molecule has 0 unspecified atom stereocenters. The first kappa shape index (κ1) is 17.0. The fourth-order valence-electron chi connectivity index (χ4n) is 4.05. The topological polar surface area (TPSA) is 49.3 Å². The summed E-state index contributed by atoms with van der Waals surface area (Å²) in [6.45, 7) is 3.78. The summed E-state index contributed by atoms with van der Waals surface area (Å²) in [5, 5.41) is 0. The number of carbonyl (C=O) groups excluding carboxylic acids is 1. The molecule has 0 radical (unpaired) electrons. The second-order valence-electron chi connectivity index (χ2n) is 7.39. The van der Waals surface area contributed by atoms with Crippen LogP contribution in [0.15, 0.2) is 42.9 Å². The van der Waals surface area contributed by atoms with E-state index in [9.17, 15) is 4.79 Å². The molecule has 2 aliphatic heterocycles. The van der Waals surface area contributed by atoms with Crippen LogP contribution in [-0.2, 0) is 6.42 Å². The van der Waals surface area contributed by atoms with Gasteiger partial charge in [0.2, 0.25) is 0 Å². The van der Waals surface area contributed by atoms with Gasteiger partial charge in [-0.1, -0.05) is 0 Å². The van der Waals surface area contributed by atoms with Crippen LogP contribution in [0.25, 0.3) is 0 Å². The Hall–Kier alpha value is -2.43. The van der Waals surface area contributed by atoms with Crippen molar-refractivity contribution in [3.05, 3.63) is 54.0 Å². The van der Waals surface area contributed by atoms with Gasteiger partial charge in [-0.15, -0.1) is 0 Å². The first-order valence-corrected chi connectivity index (χ1v) is 9.69. The van der Waals surface area contributed by atoms with Crippen molar-refractivity contribution in [2.24, 2.45) is 5.92 Å². The molecule has 2 aromatic rings. The number of pyridine rings is 2. The maximum atomic E-state index is 12.9. The number of aromatic nitrogens is 2. The maximum absolute atomic E-state index is 12.9. The lowest BCUT2D eigenvalue weighted by atomic mass is 9.90. The van der Waals surface area contributed by atoms with Crippen LogP contribution < -0.4 is 4.90 Å². The number of carbonyl (C=O) groups is 1. The van der Waals surface area contributed by atoms with E-state index in [0.29, 0.717) is 5.92 Å². The molecule has 1 amide bonds. The van der Waals surface area contributed by atoms with E-state index in [1.807, 2.05) is 29.4 Å². The Morgan fingerprint density at radius 1 is 1.00 bits per heavy atom. The van der Waals surface area contributed by atoms with Crippen molar-refractivity contribution in [2.45, 2.75) is 32.1 Å². The van der Waals surface area contributed by atoms with Crippen LogP contribution in [0.2, 0.25) is 0 Å². The average Bonchev–Trinajstić information content (AvgIpc) is 3.24. The summed E-state index contributed by atoms with van der Waals surface area (Å²) < 4.78 is 0. The number of hydrogen-bond acceptors (Lipinski definition) is 4. The summed E-state index contributed by atoms with van der Waals surface area (Å²) in [6, 6.07) is 8.00. The van der Waals surface area contributed by atoms with Crippen LogP contribution in [0.5, 0.6) is 0 Å². The summed E-state index contributed by atoms with van der Waals surface area (Å²) in [6.07, 6.45) is 11.1. The molecule has 4 heterocycles. The monoisotopic (exact) mass is 350 g/mol. The second-order valence-corrected chi connectivity index (χ2v) is 7.39. The van der Waals surface area contributed by atoms with Crippen molar-refractivity contribution in [2.75, 3.05) is 31.1 Å². The van der Waals surface area contributed by atoms with Gasteiger partial charge in [-0.05, 0) is 67.9 Å². The van der Waals surface area contributed by atoms with Crippen LogP contribution in [0.1, 0.15) is 41.6 Å². The quantitative estimate of drug-likeness (QED) is 0.850. The molecular formula is C21H26N4O. The molecule has 0 aromatic carbocycles. The molecule has 0 spiro atoms. The number of anilines is 1. The number of hydrogen-bond donors (Lipinski definition) is 0. The summed E-state index contributed by atoms with van der Waals surface area (Å²) in [7, 11) is 0. The molecule has 0 saturated carbocycles. The molecule has 2 fully saturated rings. The Kier molecular flexibility index (Phi) is 5.14. The van der Waals surface area contributed by atoms with Crippen molar-refractivity contribution in [1.29, 1.82) is 0 Å². The smallest absolute Gasteiger partial charge is 0.254 e. The van der Waals surface area contributed by atoms with E-state index in [0.717, 1.165) is 56.8 Å². The Morgan fingerprint density at radius 3 is 2.46 bits per heavy atom. The van der Waals surface area contributed by atoms with Crippen LogP contribution in [-0.4, -0.2) is 47.0 Å². The van der Waals surface area contributed by atoms with Gasteiger partial charge < -0.3 is 9.80 Å². The highest BCUT2D eigenvalue weighted by Crippen LogP contribution is 2.24. The lowest BCUT2D eigenvalue weighted by molar-refractivity contribution is 0.0690. The highest BCUT2D eigenvalue weighted by molar-refractivity contribution is 5.94. The molecular weight excluding hydrogens is 324 g/mol. The number of piperidine rings is 1. The van der Waals surface area contributed by atoms with Crippen molar-refractivity contribution in [1.82, 2.24) is 14.9 Å². The van der Waals surface area contributed by atoms with Crippen molar-refractivity contribution < 1.29 is 4.79 Å². The van der Waals surface area contributed by atoms with E-state index in [2.05, 4.69) is 27.0 Å². The third kappa shape index (κ3) is 3.87. The Bertz CT molecular complexity index is 735. The van der Waals surface area contributed by atoms with Gasteiger partial charge in [-0.25, -0.2) is 4.98 Å². The average molecular weight is 350 g/mol. The number of likely N-dealkylation sites (tertiary alicyclic amines) is 1. The molecule has 0 bridgehead atoms. The van der Waals surface area contributed by atoms with Crippen LogP contribution in [0.4, 0.5) is 5.82 Å². The Balaban J connectivity index is 1.35. The highest BCUT2D eigenvalue weighted by atomic mass is 16.2. The Morgan fingerprint density at radius 2 is 1.73 bits per heavy atom. The molecule has 2 aliphatic rings. The van der Waals surface area contributed by atoms with Gasteiger partial charge in [0, 0.05) is 50.3 Å². The number of rotatable bonds is 4. The standard InChI is InChI=1S/C21H26N4O/c26-21(19-5-10-23-20(16-19)24-11-1-2-12-24)25-13-6-18(7-14-25)15-17-3-8-22-9-4-17/h3-5,8-10,16,18H,1-2,6-7,11-15H2. The summed E-state index contributed by atoms with van der Waals surface area (Å²) in [5.41, 5.74) is 2.11. The zero-order chi connectivity index (χ0) is 17.8. The van der Waals surface area contributed by atoms with E-state index < -0.39 is 0 Å². The first-order valence-electron chi connectivity index (χ1n) is 9.69. The van der Waals surface area contributed by atoms with Crippen LogP contribution in [0, 0.1) is 5.92 Å². The van der Waals surface area contributed by atoms with Gasteiger partial charge in [-0.3, -0.25) is 9.78 Å². The molecule has 0 N–H and O–H groups in total. The zero-order valence-corrected chi connectivity index (χ0v) is 15.2. The molecule has 2 aromatic heterocycles. The van der Waals surface area contributed by atoms with Gasteiger partial charge in [0.1, 0.15) is 5.82 Å². The van der Waals surface area contributed by atoms with Crippen molar-refractivity contribution in [3.63, 3.8) is 0 Å². The summed E-state index contributed by atoms with van der Waals surface area (Å²) >= 11 is 0. The molecule has 2 saturated heterocycles. The molecule has 26 heavy (non-hydrogen) atoms. The second kappa shape index (κ2) is 7.85. The minimum Gasteiger partial charge on any atom is -0.357 e. The molecule has 136 valence electrons. The highest BCUT2D eigenvalue weighted by Gasteiger charge is 2.24. The predicted molar refractivity (Wildman–Crippen MR) is 102 cm³/mol. The number of nitrogens with zero attached hydrogens (tertiary/aromatic N) is 4. The van der Waals surface area contributed by atoms with Gasteiger partial charge >= 0.3 is 0 Å². The minimum absolute atomic E-state index is 0.148. The maximum Gasteiger partial charge on any atom is 0.254 e. The molecule has 0 atom stereocenters. The van der Waals surface area contributed by atoms with Gasteiger partial charge in [0.25, 0.3) is 5.91 Å². The summed E-state index contributed by atoms with van der Waals surface area (Å²) in [5.74, 6) is 1.75. The van der Waals surface area contributed by atoms with Gasteiger partial charge in [0.05, 0.1) is 0 Å². The lowest BCUT2D eigenvalue weighted by Crippen LogP contribution is -2.39. The number of amides is 1. The van der Waals surface area contributed by atoms with Gasteiger partial charge in [-0.2, -0.15) is 0 Å². The largest absolute Gasteiger partial charge is 0.357 e. The van der Waals surface area contributed by atoms with E-state index in [1.165, 1.54) is 18.4 Å². The fraction of sp³-hybridized carbons (Fsp3) is 0.476. The normalized spacial score (nSPS) is 18.3. The zero-order valence-electron chi connectivity index (χ0n) is 15.2. The van der Waals surface area contributed by atoms with Crippen molar-refractivity contribution >= 4 is 11.7 Å². The Labute approximate surface area is 155 Å². The SMILES string of the molecule is O=C(c1ccnc(N2CCCC2)c1)N1CCC(Cc2ccncc2)CC1. The lowest BCUT2D eigenvalue weighted by Gasteiger charge is -2.32. The summed E-state index contributed by atoms with van der Waals surface area (Å²) in [4.78, 5) is 25.7.